The van der Waals surface area contributed by atoms with Gasteiger partial charge in [0.15, 0.2) is 0 Å². The first-order chi connectivity index (χ1) is 9.22. The van der Waals surface area contributed by atoms with E-state index in [-0.39, 0.29) is 6.03 Å². The number of likely N-dealkylation sites (tertiary alicyclic amines) is 1. The first-order valence-electron chi connectivity index (χ1n) is 6.73. The molecule has 104 valence electrons. The Labute approximate surface area is 125 Å². The summed E-state index contributed by atoms with van der Waals surface area (Å²) in [6.45, 7) is 4.90. The van der Waals surface area contributed by atoms with Crippen LogP contribution in [0.15, 0.2) is 15.9 Å². The van der Waals surface area contributed by atoms with Crippen molar-refractivity contribution in [2.24, 2.45) is 0 Å². The van der Waals surface area contributed by atoms with Crippen molar-refractivity contribution in [2.45, 2.75) is 25.4 Å². The van der Waals surface area contributed by atoms with Gasteiger partial charge in [-0.05, 0) is 40.9 Å². The van der Waals surface area contributed by atoms with Crippen molar-refractivity contribution in [3.63, 3.8) is 0 Å². The molecule has 4 nitrogen and oxygen atoms in total. The van der Waals surface area contributed by atoms with E-state index in [9.17, 15) is 4.79 Å². The van der Waals surface area contributed by atoms with Crippen LogP contribution in [0.4, 0.5) is 4.79 Å². The molecule has 0 radical (unpaired) electrons. The minimum absolute atomic E-state index is 0.126. The topological polar surface area (TPSA) is 35.6 Å². The predicted molar refractivity (Wildman–Crippen MR) is 80.4 cm³/mol. The molecule has 2 aliphatic rings. The smallest absolute Gasteiger partial charge is 0.317 e. The van der Waals surface area contributed by atoms with Gasteiger partial charge in [-0.15, -0.1) is 11.3 Å². The molecule has 1 aromatic rings. The molecular formula is C13H18BrN3OS. The fourth-order valence-electron chi connectivity index (χ4n) is 2.88. The fourth-order valence-corrected chi connectivity index (χ4v) is 4.41. The summed E-state index contributed by atoms with van der Waals surface area (Å²) in [6, 6.07) is 4.87. The maximum atomic E-state index is 11.6. The summed E-state index contributed by atoms with van der Waals surface area (Å²) in [5.41, 5.74) is 0. The van der Waals surface area contributed by atoms with Gasteiger partial charge < -0.3 is 10.2 Å². The summed E-state index contributed by atoms with van der Waals surface area (Å²) >= 11 is 5.32. The summed E-state index contributed by atoms with van der Waals surface area (Å²) < 4.78 is 1.20. The molecule has 3 heterocycles. The van der Waals surface area contributed by atoms with Gasteiger partial charge in [0.25, 0.3) is 0 Å². The number of piperidine rings is 1. The molecule has 0 saturated carbocycles. The Morgan fingerprint density at radius 3 is 2.68 bits per heavy atom. The number of urea groups is 1. The fraction of sp³-hybridized carbons (Fsp3) is 0.615. The number of halogens is 1. The number of carbonyl (C=O) groups is 1. The molecule has 2 saturated heterocycles. The second-order valence-electron chi connectivity index (χ2n) is 5.14. The Hall–Kier alpha value is -0.590. The third-order valence-corrected chi connectivity index (χ3v) is 5.50. The Morgan fingerprint density at radius 1 is 1.32 bits per heavy atom. The molecule has 0 atom stereocenters. The Kier molecular flexibility index (Phi) is 4.10. The number of thiophene rings is 1. The normalized spacial score (nSPS) is 21.9. The summed E-state index contributed by atoms with van der Waals surface area (Å²) in [4.78, 5) is 17.6. The Balaban J connectivity index is 1.50. The van der Waals surface area contributed by atoms with Gasteiger partial charge in [-0.25, -0.2) is 4.79 Å². The van der Waals surface area contributed by atoms with Crippen molar-refractivity contribution >= 4 is 33.3 Å². The largest absolute Gasteiger partial charge is 0.336 e. The van der Waals surface area contributed by atoms with Gasteiger partial charge in [0.2, 0.25) is 0 Å². The van der Waals surface area contributed by atoms with E-state index in [1.807, 2.05) is 16.2 Å². The van der Waals surface area contributed by atoms with E-state index in [0.717, 1.165) is 45.6 Å². The summed E-state index contributed by atoms with van der Waals surface area (Å²) in [6.07, 6.45) is 2.19. The highest BCUT2D eigenvalue weighted by atomic mass is 79.9. The molecule has 0 spiro atoms. The number of carbonyl (C=O) groups excluding carboxylic acids is 1. The lowest BCUT2D eigenvalue weighted by Gasteiger charge is -2.35. The van der Waals surface area contributed by atoms with Gasteiger partial charge in [-0.1, -0.05) is 0 Å². The molecule has 2 amide bonds. The number of hydrogen-bond donors (Lipinski definition) is 1. The summed E-state index contributed by atoms with van der Waals surface area (Å²) in [5, 5.41) is 2.89. The molecule has 2 aliphatic heterocycles. The second-order valence-corrected chi connectivity index (χ2v) is 7.69. The SMILES string of the molecule is O=C1NCCN1C1CCN(Cc2ccc(Br)s2)CC1. The second kappa shape index (κ2) is 5.81. The molecule has 2 fully saturated rings. The summed E-state index contributed by atoms with van der Waals surface area (Å²) in [7, 11) is 0. The number of amides is 2. The Bertz CT molecular complexity index is 456. The maximum absolute atomic E-state index is 11.6. The number of hydrogen-bond acceptors (Lipinski definition) is 3. The monoisotopic (exact) mass is 343 g/mol. The molecule has 0 unspecified atom stereocenters. The van der Waals surface area contributed by atoms with Crippen LogP contribution in [0.2, 0.25) is 0 Å². The van der Waals surface area contributed by atoms with Crippen LogP contribution >= 0.6 is 27.3 Å². The standard InChI is InChI=1S/C13H18BrN3OS/c14-12-2-1-11(19-12)9-16-6-3-10(4-7-16)17-8-5-15-13(17)18/h1-2,10H,3-9H2,(H,15,18). The molecule has 0 bridgehead atoms. The predicted octanol–water partition coefficient (Wildman–Crippen LogP) is 2.50. The van der Waals surface area contributed by atoms with E-state index in [1.165, 1.54) is 8.66 Å². The highest BCUT2D eigenvalue weighted by Crippen LogP contribution is 2.25. The van der Waals surface area contributed by atoms with Crippen LogP contribution in [0.3, 0.4) is 0 Å². The minimum atomic E-state index is 0.126. The highest BCUT2D eigenvalue weighted by Gasteiger charge is 2.30. The van der Waals surface area contributed by atoms with E-state index >= 15 is 0 Å². The van der Waals surface area contributed by atoms with Crippen LogP contribution in [-0.2, 0) is 6.54 Å². The molecule has 6 heteroatoms. The van der Waals surface area contributed by atoms with Crippen LogP contribution in [0, 0.1) is 0 Å². The zero-order chi connectivity index (χ0) is 13.2. The van der Waals surface area contributed by atoms with Crippen molar-refractivity contribution < 1.29 is 4.79 Å². The average molecular weight is 344 g/mol. The van der Waals surface area contributed by atoms with E-state index in [0.29, 0.717) is 6.04 Å². The van der Waals surface area contributed by atoms with Crippen LogP contribution in [-0.4, -0.2) is 48.1 Å². The van der Waals surface area contributed by atoms with E-state index < -0.39 is 0 Å². The van der Waals surface area contributed by atoms with E-state index in [2.05, 4.69) is 38.3 Å². The van der Waals surface area contributed by atoms with Crippen molar-refractivity contribution in [3.05, 3.63) is 20.8 Å². The lowest BCUT2D eigenvalue weighted by Crippen LogP contribution is -2.45. The lowest BCUT2D eigenvalue weighted by molar-refractivity contribution is 0.133. The molecular weight excluding hydrogens is 326 g/mol. The number of nitrogens with one attached hydrogen (secondary N) is 1. The quantitative estimate of drug-likeness (QED) is 0.915. The van der Waals surface area contributed by atoms with Crippen LogP contribution in [0.25, 0.3) is 0 Å². The molecule has 0 aromatic carbocycles. The Morgan fingerprint density at radius 2 is 2.11 bits per heavy atom. The molecule has 0 aliphatic carbocycles. The zero-order valence-corrected chi connectivity index (χ0v) is 13.2. The van der Waals surface area contributed by atoms with Gasteiger partial charge in [0, 0.05) is 43.6 Å². The van der Waals surface area contributed by atoms with Gasteiger partial charge in [0.05, 0.1) is 3.79 Å². The lowest BCUT2D eigenvalue weighted by atomic mass is 10.0. The van der Waals surface area contributed by atoms with Crippen molar-refractivity contribution in [1.29, 1.82) is 0 Å². The van der Waals surface area contributed by atoms with Gasteiger partial charge >= 0.3 is 6.03 Å². The van der Waals surface area contributed by atoms with Crippen molar-refractivity contribution in [1.82, 2.24) is 15.1 Å². The molecule has 1 N–H and O–H groups in total. The summed E-state index contributed by atoms with van der Waals surface area (Å²) in [5.74, 6) is 0. The number of nitrogens with zero attached hydrogens (tertiary/aromatic N) is 2. The van der Waals surface area contributed by atoms with Crippen LogP contribution < -0.4 is 5.32 Å². The first kappa shape index (κ1) is 13.4. The van der Waals surface area contributed by atoms with Crippen LogP contribution in [0.5, 0.6) is 0 Å². The van der Waals surface area contributed by atoms with Gasteiger partial charge in [-0.2, -0.15) is 0 Å². The first-order valence-corrected chi connectivity index (χ1v) is 8.34. The van der Waals surface area contributed by atoms with Gasteiger partial charge in [-0.3, -0.25) is 4.90 Å². The third kappa shape index (κ3) is 3.12. The van der Waals surface area contributed by atoms with E-state index in [4.69, 9.17) is 0 Å². The zero-order valence-electron chi connectivity index (χ0n) is 10.8. The van der Waals surface area contributed by atoms with Crippen molar-refractivity contribution in [3.8, 4) is 0 Å². The molecule has 1 aromatic heterocycles. The maximum Gasteiger partial charge on any atom is 0.317 e. The van der Waals surface area contributed by atoms with Gasteiger partial charge in [0.1, 0.15) is 0 Å². The number of rotatable bonds is 3. The van der Waals surface area contributed by atoms with Crippen molar-refractivity contribution in [2.75, 3.05) is 26.2 Å². The minimum Gasteiger partial charge on any atom is -0.336 e. The molecule has 3 rings (SSSR count). The third-order valence-electron chi connectivity index (χ3n) is 3.90. The highest BCUT2D eigenvalue weighted by molar-refractivity contribution is 9.11. The molecule has 19 heavy (non-hydrogen) atoms. The average Bonchev–Trinajstić information content (AvgIpc) is 3.00. The van der Waals surface area contributed by atoms with E-state index in [1.54, 1.807) is 0 Å². The van der Waals surface area contributed by atoms with Crippen LogP contribution in [0.1, 0.15) is 17.7 Å².